The summed E-state index contributed by atoms with van der Waals surface area (Å²) in [7, 11) is 1.54. The average Bonchev–Trinajstić information content (AvgIpc) is 2.74. The fourth-order valence-corrected chi connectivity index (χ4v) is 3.18. The molecular formula is C24H18BrFN2O2. The highest BCUT2D eigenvalue weighted by molar-refractivity contribution is 9.10. The maximum absolute atomic E-state index is 13.4. The minimum atomic E-state index is -0.498. The van der Waals surface area contributed by atoms with Crippen LogP contribution in [0.15, 0.2) is 76.8 Å². The van der Waals surface area contributed by atoms with Gasteiger partial charge >= 0.3 is 0 Å². The van der Waals surface area contributed by atoms with E-state index in [9.17, 15) is 14.4 Å². The zero-order chi connectivity index (χ0) is 21.5. The van der Waals surface area contributed by atoms with Crippen molar-refractivity contribution in [3.8, 4) is 11.8 Å². The highest BCUT2D eigenvalue weighted by atomic mass is 79.9. The number of ether oxygens (including phenoxy) is 1. The standard InChI is InChI=1S/C24H18BrFN2O2/c1-30-23-14-17(5-6-18(23)11-16-3-2-4-21(26)13-16)12-19(15-27)24(29)28-22-9-7-20(25)8-10-22/h2-10,12-14H,11H2,1H3,(H,28,29)/b19-12+. The van der Waals surface area contributed by atoms with Crippen LogP contribution in [0.3, 0.4) is 0 Å². The van der Waals surface area contributed by atoms with E-state index < -0.39 is 5.91 Å². The van der Waals surface area contributed by atoms with Crippen LogP contribution in [-0.2, 0) is 11.2 Å². The van der Waals surface area contributed by atoms with Gasteiger partial charge in [0, 0.05) is 16.6 Å². The van der Waals surface area contributed by atoms with Crippen LogP contribution < -0.4 is 10.1 Å². The summed E-state index contributed by atoms with van der Waals surface area (Å²) in [4.78, 5) is 12.4. The molecule has 0 spiro atoms. The van der Waals surface area contributed by atoms with Gasteiger partial charge in [0.05, 0.1) is 7.11 Å². The van der Waals surface area contributed by atoms with Crippen molar-refractivity contribution in [3.63, 3.8) is 0 Å². The van der Waals surface area contributed by atoms with Crippen LogP contribution >= 0.6 is 15.9 Å². The number of rotatable bonds is 6. The third kappa shape index (κ3) is 5.56. The van der Waals surface area contributed by atoms with Gasteiger partial charge in [-0.3, -0.25) is 4.79 Å². The van der Waals surface area contributed by atoms with Gasteiger partial charge in [-0.25, -0.2) is 4.39 Å². The van der Waals surface area contributed by atoms with Crippen molar-refractivity contribution < 1.29 is 13.9 Å². The first-order chi connectivity index (χ1) is 14.5. The van der Waals surface area contributed by atoms with E-state index in [4.69, 9.17) is 4.74 Å². The summed E-state index contributed by atoms with van der Waals surface area (Å²) in [6.07, 6.45) is 2.00. The van der Waals surface area contributed by atoms with Crippen molar-refractivity contribution in [1.29, 1.82) is 5.26 Å². The van der Waals surface area contributed by atoms with Crippen LogP contribution in [0, 0.1) is 17.1 Å². The van der Waals surface area contributed by atoms with Crippen molar-refractivity contribution in [1.82, 2.24) is 0 Å². The van der Waals surface area contributed by atoms with E-state index in [1.54, 1.807) is 49.6 Å². The maximum atomic E-state index is 13.4. The first-order valence-electron chi connectivity index (χ1n) is 9.08. The second-order valence-corrected chi connectivity index (χ2v) is 7.42. The smallest absolute Gasteiger partial charge is 0.266 e. The van der Waals surface area contributed by atoms with Crippen LogP contribution in [0.25, 0.3) is 6.08 Å². The summed E-state index contributed by atoms with van der Waals surface area (Å²) in [5.41, 5.74) is 2.91. The summed E-state index contributed by atoms with van der Waals surface area (Å²) >= 11 is 3.34. The number of carbonyl (C=O) groups excluding carboxylic acids is 1. The second-order valence-electron chi connectivity index (χ2n) is 6.51. The predicted molar refractivity (Wildman–Crippen MR) is 119 cm³/mol. The molecule has 0 atom stereocenters. The molecule has 0 saturated heterocycles. The van der Waals surface area contributed by atoms with Crippen LogP contribution in [0.4, 0.5) is 10.1 Å². The number of benzene rings is 3. The number of hydrogen-bond donors (Lipinski definition) is 1. The molecule has 0 aliphatic rings. The Kier molecular flexibility index (Phi) is 6.99. The highest BCUT2D eigenvalue weighted by Gasteiger charge is 2.11. The summed E-state index contributed by atoms with van der Waals surface area (Å²) in [5.74, 6) is -0.192. The molecule has 0 bridgehead atoms. The van der Waals surface area contributed by atoms with E-state index in [1.807, 2.05) is 18.2 Å². The van der Waals surface area contributed by atoms with Gasteiger partial charge in [-0.15, -0.1) is 0 Å². The fraction of sp³-hybridized carbons (Fsp3) is 0.0833. The van der Waals surface area contributed by atoms with E-state index in [0.29, 0.717) is 23.4 Å². The molecule has 0 heterocycles. The average molecular weight is 465 g/mol. The number of nitrogens with one attached hydrogen (secondary N) is 1. The Balaban J connectivity index is 1.81. The molecule has 3 rings (SSSR count). The van der Waals surface area contributed by atoms with Gasteiger partial charge < -0.3 is 10.1 Å². The first kappa shape index (κ1) is 21.3. The number of methoxy groups -OCH3 is 1. The van der Waals surface area contributed by atoms with Gasteiger partial charge in [0.2, 0.25) is 0 Å². The summed E-state index contributed by atoms with van der Waals surface area (Å²) in [6, 6.07) is 20.8. The lowest BCUT2D eigenvalue weighted by Gasteiger charge is -2.10. The minimum Gasteiger partial charge on any atom is -0.496 e. The van der Waals surface area contributed by atoms with E-state index in [0.717, 1.165) is 15.6 Å². The quantitative estimate of drug-likeness (QED) is 0.374. The molecule has 3 aromatic rings. The van der Waals surface area contributed by atoms with Gasteiger partial charge in [0.1, 0.15) is 23.2 Å². The van der Waals surface area contributed by atoms with E-state index in [1.165, 1.54) is 18.2 Å². The van der Waals surface area contributed by atoms with Gasteiger partial charge in [0.25, 0.3) is 5.91 Å². The van der Waals surface area contributed by atoms with Crippen LogP contribution in [0.2, 0.25) is 0 Å². The largest absolute Gasteiger partial charge is 0.496 e. The van der Waals surface area contributed by atoms with Crippen molar-refractivity contribution >= 4 is 33.6 Å². The monoisotopic (exact) mass is 464 g/mol. The molecule has 0 radical (unpaired) electrons. The van der Waals surface area contributed by atoms with Crippen molar-refractivity contribution in [3.05, 3.63) is 99.3 Å². The van der Waals surface area contributed by atoms with E-state index in [-0.39, 0.29) is 11.4 Å². The number of halogens is 2. The van der Waals surface area contributed by atoms with Gasteiger partial charge in [-0.05, 0) is 65.2 Å². The molecule has 0 saturated carbocycles. The molecule has 4 nitrogen and oxygen atoms in total. The summed E-state index contributed by atoms with van der Waals surface area (Å²) < 4.78 is 19.8. The molecule has 0 fully saturated rings. The molecule has 3 aromatic carbocycles. The fourth-order valence-electron chi connectivity index (χ4n) is 2.91. The topological polar surface area (TPSA) is 62.1 Å². The van der Waals surface area contributed by atoms with Crippen LogP contribution in [-0.4, -0.2) is 13.0 Å². The van der Waals surface area contributed by atoms with Crippen molar-refractivity contribution in [2.75, 3.05) is 12.4 Å². The zero-order valence-electron chi connectivity index (χ0n) is 16.2. The Morgan fingerprint density at radius 1 is 1.17 bits per heavy atom. The molecule has 30 heavy (non-hydrogen) atoms. The Morgan fingerprint density at radius 3 is 2.60 bits per heavy atom. The van der Waals surface area contributed by atoms with Gasteiger partial charge in [-0.1, -0.05) is 40.2 Å². The number of nitriles is 1. The Hall–Kier alpha value is -3.43. The molecule has 1 N–H and O–H groups in total. The normalized spacial score (nSPS) is 10.9. The number of anilines is 1. The van der Waals surface area contributed by atoms with E-state index >= 15 is 0 Å². The van der Waals surface area contributed by atoms with Crippen LogP contribution in [0.1, 0.15) is 16.7 Å². The molecule has 6 heteroatoms. The predicted octanol–water partition coefficient (Wildman–Crippen LogP) is 5.73. The van der Waals surface area contributed by atoms with Crippen molar-refractivity contribution in [2.24, 2.45) is 0 Å². The number of nitrogens with zero attached hydrogens (tertiary/aromatic N) is 1. The Labute approximate surface area is 182 Å². The maximum Gasteiger partial charge on any atom is 0.266 e. The van der Waals surface area contributed by atoms with Crippen LogP contribution in [0.5, 0.6) is 5.75 Å². The molecule has 1 amide bonds. The molecule has 0 aromatic heterocycles. The van der Waals surface area contributed by atoms with E-state index in [2.05, 4.69) is 21.2 Å². The molecule has 0 aliphatic carbocycles. The third-order valence-corrected chi connectivity index (χ3v) is 4.90. The highest BCUT2D eigenvalue weighted by Crippen LogP contribution is 2.25. The SMILES string of the molecule is COc1cc(/C=C(\C#N)C(=O)Nc2ccc(Br)cc2)ccc1Cc1cccc(F)c1. The Morgan fingerprint density at radius 2 is 1.93 bits per heavy atom. The second kappa shape index (κ2) is 9.86. The summed E-state index contributed by atoms with van der Waals surface area (Å²) in [6.45, 7) is 0. The zero-order valence-corrected chi connectivity index (χ0v) is 17.7. The lowest BCUT2D eigenvalue weighted by atomic mass is 10.0. The third-order valence-electron chi connectivity index (χ3n) is 4.37. The molecular weight excluding hydrogens is 447 g/mol. The lowest BCUT2D eigenvalue weighted by Crippen LogP contribution is -2.13. The summed E-state index contributed by atoms with van der Waals surface area (Å²) in [5, 5.41) is 12.1. The molecule has 0 aliphatic heterocycles. The van der Waals surface area contributed by atoms with Crippen molar-refractivity contribution in [2.45, 2.75) is 6.42 Å². The number of carbonyl (C=O) groups is 1. The van der Waals surface area contributed by atoms with Gasteiger partial charge in [-0.2, -0.15) is 5.26 Å². The molecule has 150 valence electrons. The lowest BCUT2D eigenvalue weighted by molar-refractivity contribution is -0.112. The number of amides is 1. The molecule has 0 unspecified atom stereocenters. The minimum absolute atomic E-state index is 0.0298. The first-order valence-corrected chi connectivity index (χ1v) is 9.88. The Bertz CT molecular complexity index is 1130. The number of hydrogen-bond acceptors (Lipinski definition) is 3. The van der Waals surface area contributed by atoms with Gasteiger partial charge in [0.15, 0.2) is 0 Å².